The van der Waals surface area contributed by atoms with Gasteiger partial charge in [0.2, 0.25) is 10.0 Å². The molecule has 2 heterocycles. The third-order valence-corrected chi connectivity index (χ3v) is 6.05. The first-order chi connectivity index (χ1) is 13.5. The van der Waals surface area contributed by atoms with E-state index >= 15 is 0 Å². The van der Waals surface area contributed by atoms with Crippen molar-refractivity contribution in [3.63, 3.8) is 0 Å². The molecule has 1 saturated heterocycles. The Bertz CT molecular complexity index is 1100. The summed E-state index contributed by atoms with van der Waals surface area (Å²) >= 11 is 0. The minimum Gasteiger partial charge on any atom is -0.377 e. The Morgan fingerprint density at radius 3 is 2.96 bits per heavy atom. The number of rotatable bonds is 6. The van der Waals surface area contributed by atoms with Gasteiger partial charge in [-0.15, -0.1) is 0 Å². The van der Waals surface area contributed by atoms with Crippen molar-refractivity contribution < 1.29 is 17.9 Å². The molecule has 0 spiro atoms. The minimum atomic E-state index is -3.72. The van der Waals surface area contributed by atoms with Crippen LogP contribution in [0.15, 0.2) is 53.6 Å². The van der Waals surface area contributed by atoms with Gasteiger partial charge in [0.1, 0.15) is 0 Å². The van der Waals surface area contributed by atoms with Crippen molar-refractivity contribution in [2.24, 2.45) is 0 Å². The second-order valence-corrected chi connectivity index (χ2v) is 8.41. The molecular formula is C19H20N4O4S. The van der Waals surface area contributed by atoms with Gasteiger partial charge >= 0.3 is 0 Å². The summed E-state index contributed by atoms with van der Waals surface area (Å²) in [5.74, 6) is -0.390. The summed E-state index contributed by atoms with van der Waals surface area (Å²) in [5, 5.41) is 10.4. The Morgan fingerprint density at radius 2 is 2.14 bits per heavy atom. The highest BCUT2D eigenvalue weighted by Gasteiger charge is 2.21. The molecule has 1 aliphatic heterocycles. The number of aromatic nitrogens is 2. The lowest BCUT2D eigenvalue weighted by molar-refractivity contribution is 0.102. The number of hydrogen-bond donors (Lipinski definition) is 3. The van der Waals surface area contributed by atoms with Crippen LogP contribution in [0.4, 0.5) is 5.69 Å². The van der Waals surface area contributed by atoms with Crippen LogP contribution in [0.1, 0.15) is 23.2 Å². The molecule has 0 radical (unpaired) electrons. The molecule has 146 valence electrons. The Kier molecular flexibility index (Phi) is 5.12. The highest BCUT2D eigenvalue weighted by Crippen LogP contribution is 2.19. The van der Waals surface area contributed by atoms with Gasteiger partial charge in [-0.1, -0.05) is 6.07 Å². The van der Waals surface area contributed by atoms with E-state index in [1.165, 1.54) is 12.1 Å². The zero-order chi connectivity index (χ0) is 19.6. The molecule has 0 bridgehead atoms. The molecule has 1 aliphatic rings. The van der Waals surface area contributed by atoms with E-state index < -0.39 is 10.0 Å². The summed E-state index contributed by atoms with van der Waals surface area (Å²) in [4.78, 5) is 12.6. The molecule has 2 aromatic carbocycles. The number of ether oxygens (including phenoxy) is 1. The number of nitrogens with zero attached hydrogens (tertiary/aromatic N) is 1. The lowest BCUT2D eigenvalue weighted by Gasteiger charge is -2.12. The predicted molar refractivity (Wildman–Crippen MR) is 105 cm³/mol. The quantitative estimate of drug-likeness (QED) is 0.587. The molecule has 1 aromatic heterocycles. The summed E-state index contributed by atoms with van der Waals surface area (Å²) in [6, 6.07) is 11.3. The zero-order valence-corrected chi connectivity index (χ0v) is 15.8. The number of carbonyl (C=O) groups excluding carboxylic acids is 1. The number of nitrogens with one attached hydrogen (secondary N) is 3. The van der Waals surface area contributed by atoms with Crippen LogP contribution in [-0.2, 0) is 14.8 Å². The third-order valence-electron chi connectivity index (χ3n) is 4.63. The van der Waals surface area contributed by atoms with E-state index in [9.17, 15) is 13.2 Å². The van der Waals surface area contributed by atoms with Gasteiger partial charge in [0.25, 0.3) is 5.91 Å². The second-order valence-electron chi connectivity index (χ2n) is 6.64. The molecule has 4 rings (SSSR count). The molecule has 3 N–H and O–H groups in total. The molecule has 1 amide bonds. The fraction of sp³-hybridized carbons (Fsp3) is 0.263. The monoisotopic (exact) mass is 400 g/mol. The van der Waals surface area contributed by atoms with E-state index in [4.69, 9.17) is 4.74 Å². The maximum Gasteiger partial charge on any atom is 0.255 e. The van der Waals surface area contributed by atoms with E-state index in [-0.39, 0.29) is 29.0 Å². The van der Waals surface area contributed by atoms with Gasteiger partial charge in [-0.2, -0.15) is 5.10 Å². The summed E-state index contributed by atoms with van der Waals surface area (Å²) in [7, 11) is -3.72. The van der Waals surface area contributed by atoms with Crippen molar-refractivity contribution >= 4 is 32.5 Å². The topological polar surface area (TPSA) is 113 Å². The number of sulfonamides is 1. The Morgan fingerprint density at radius 1 is 1.25 bits per heavy atom. The van der Waals surface area contributed by atoms with Crippen molar-refractivity contribution in [3.05, 3.63) is 54.2 Å². The molecule has 8 nitrogen and oxygen atoms in total. The number of benzene rings is 2. The number of aromatic amines is 1. The van der Waals surface area contributed by atoms with E-state index in [0.29, 0.717) is 12.3 Å². The van der Waals surface area contributed by atoms with Gasteiger partial charge < -0.3 is 10.1 Å². The first-order valence-corrected chi connectivity index (χ1v) is 10.5. The van der Waals surface area contributed by atoms with Crippen molar-refractivity contribution in [2.45, 2.75) is 23.8 Å². The van der Waals surface area contributed by atoms with Crippen molar-refractivity contribution in [1.82, 2.24) is 14.9 Å². The van der Waals surface area contributed by atoms with Crippen LogP contribution in [0.3, 0.4) is 0 Å². The second kappa shape index (κ2) is 7.70. The normalized spacial score (nSPS) is 17.1. The highest BCUT2D eigenvalue weighted by molar-refractivity contribution is 7.89. The fourth-order valence-electron chi connectivity index (χ4n) is 3.12. The SMILES string of the molecule is O=C(Nc1ccc2[nH]ncc2c1)c1cccc(S(=O)(=O)NCC2CCCO2)c1. The molecule has 1 atom stereocenters. The Labute approximate surface area is 162 Å². The van der Waals surface area contributed by atoms with Crippen LogP contribution in [0.25, 0.3) is 10.9 Å². The molecule has 9 heteroatoms. The minimum absolute atomic E-state index is 0.0448. The number of amides is 1. The van der Waals surface area contributed by atoms with Crippen molar-refractivity contribution in [1.29, 1.82) is 0 Å². The van der Waals surface area contributed by atoms with Gasteiger partial charge in [0.15, 0.2) is 0 Å². The highest BCUT2D eigenvalue weighted by atomic mass is 32.2. The molecule has 1 fully saturated rings. The van der Waals surface area contributed by atoms with Gasteiger partial charge in [-0.25, -0.2) is 13.1 Å². The van der Waals surface area contributed by atoms with Crippen LogP contribution >= 0.6 is 0 Å². The average Bonchev–Trinajstić information content (AvgIpc) is 3.38. The number of carbonyl (C=O) groups is 1. The van der Waals surface area contributed by atoms with E-state index in [1.807, 2.05) is 6.07 Å². The molecule has 3 aromatic rings. The van der Waals surface area contributed by atoms with Crippen molar-refractivity contribution in [3.8, 4) is 0 Å². The van der Waals surface area contributed by atoms with E-state index in [1.54, 1.807) is 30.5 Å². The fourth-order valence-corrected chi connectivity index (χ4v) is 4.23. The third kappa shape index (κ3) is 4.06. The summed E-state index contributed by atoms with van der Waals surface area (Å²) < 4.78 is 33.1. The lowest BCUT2D eigenvalue weighted by atomic mass is 10.2. The molecule has 28 heavy (non-hydrogen) atoms. The Hall–Kier alpha value is -2.75. The molecular weight excluding hydrogens is 380 g/mol. The summed E-state index contributed by atoms with van der Waals surface area (Å²) in [5.41, 5.74) is 1.72. The average molecular weight is 400 g/mol. The van der Waals surface area contributed by atoms with Crippen LogP contribution in [0, 0.1) is 0 Å². The van der Waals surface area contributed by atoms with Gasteiger partial charge in [-0.3, -0.25) is 9.89 Å². The van der Waals surface area contributed by atoms with Crippen LogP contribution in [0.2, 0.25) is 0 Å². The van der Waals surface area contributed by atoms with Gasteiger partial charge in [0, 0.05) is 29.8 Å². The number of H-pyrrole nitrogens is 1. The van der Waals surface area contributed by atoms with Crippen LogP contribution < -0.4 is 10.0 Å². The van der Waals surface area contributed by atoms with Crippen LogP contribution in [0.5, 0.6) is 0 Å². The first-order valence-electron chi connectivity index (χ1n) is 8.97. The number of fused-ring (bicyclic) bond motifs is 1. The Balaban J connectivity index is 1.48. The van der Waals surface area contributed by atoms with E-state index in [0.717, 1.165) is 23.7 Å². The maximum absolute atomic E-state index is 12.6. The maximum atomic E-state index is 12.6. The largest absolute Gasteiger partial charge is 0.377 e. The number of anilines is 1. The predicted octanol–water partition coefficient (Wildman–Crippen LogP) is 2.27. The number of hydrogen-bond acceptors (Lipinski definition) is 5. The first kappa shape index (κ1) is 18.6. The molecule has 0 saturated carbocycles. The molecule has 1 unspecified atom stereocenters. The smallest absolute Gasteiger partial charge is 0.255 e. The lowest BCUT2D eigenvalue weighted by Crippen LogP contribution is -2.32. The van der Waals surface area contributed by atoms with Crippen molar-refractivity contribution in [2.75, 3.05) is 18.5 Å². The standard InChI is InChI=1S/C19H20N4O4S/c24-19(22-15-6-7-18-14(9-15)11-20-23-18)13-3-1-5-17(10-13)28(25,26)21-12-16-4-2-8-27-16/h1,3,5-7,9-11,16,21H,2,4,8,12H2,(H,20,23)(H,22,24). The van der Waals surface area contributed by atoms with E-state index in [2.05, 4.69) is 20.2 Å². The summed E-state index contributed by atoms with van der Waals surface area (Å²) in [6.45, 7) is 0.885. The van der Waals surface area contributed by atoms with Crippen LogP contribution in [-0.4, -0.2) is 43.8 Å². The zero-order valence-electron chi connectivity index (χ0n) is 15.0. The van der Waals surface area contributed by atoms with Gasteiger partial charge in [-0.05, 0) is 49.2 Å². The summed E-state index contributed by atoms with van der Waals surface area (Å²) in [6.07, 6.45) is 3.34. The van der Waals surface area contributed by atoms with Gasteiger partial charge in [0.05, 0.1) is 22.7 Å². The molecule has 0 aliphatic carbocycles.